The summed E-state index contributed by atoms with van der Waals surface area (Å²) in [5, 5.41) is 3.28. The van der Waals surface area contributed by atoms with E-state index in [2.05, 4.69) is 17.1 Å². The first-order valence-corrected chi connectivity index (χ1v) is 10.8. The molecule has 0 spiro atoms. The Balaban J connectivity index is 1.46. The van der Waals surface area contributed by atoms with Crippen LogP contribution in [0.3, 0.4) is 0 Å². The fraction of sp³-hybridized carbons (Fsp3) is 0.905. The monoisotopic (exact) mass is 348 g/mol. The number of hydrogen-bond acceptors (Lipinski definition) is 2. The van der Waals surface area contributed by atoms with Crippen LogP contribution in [0.4, 0.5) is 0 Å². The van der Waals surface area contributed by atoms with Gasteiger partial charge in [0, 0.05) is 30.5 Å². The van der Waals surface area contributed by atoms with E-state index in [1.54, 1.807) is 0 Å². The molecule has 0 aromatic carbocycles. The van der Waals surface area contributed by atoms with Crippen molar-refractivity contribution in [2.75, 3.05) is 6.54 Å². The first kappa shape index (κ1) is 18.7. The van der Waals surface area contributed by atoms with Crippen molar-refractivity contribution in [3.05, 3.63) is 0 Å². The number of amides is 2. The van der Waals surface area contributed by atoms with E-state index >= 15 is 0 Å². The van der Waals surface area contributed by atoms with Crippen molar-refractivity contribution in [2.24, 2.45) is 11.8 Å². The molecule has 1 aliphatic heterocycles. The Bertz CT molecular complexity index is 451. The summed E-state index contributed by atoms with van der Waals surface area (Å²) in [6.45, 7) is 3.14. The SMILES string of the molecule is CCC1CCCCN1C(=O)C1CCC(C(=O)NC2CCCCC2)CC1. The number of piperidine rings is 1. The average molecular weight is 349 g/mol. The van der Waals surface area contributed by atoms with Gasteiger partial charge in [-0.15, -0.1) is 0 Å². The molecule has 3 rings (SSSR count). The van der Waals surface area contributed by atoms with E-state index in [1.807, 2.05) is 0 Å². The van der Waals surface area contributed by atoms with E-state index in [1.165, 1.54) is 32.1 Å². The molecule has 1 N–H and O–H groups in total. The molecule has 2 aliphatic carbocycles. The lowest BCUT2D eigenvalue weighted by molar-refractivity contribution is -0.142. The largest absolute Gasteiger partial charge is 0.353 e. The van der Waals surface area contributed by atoms with Gasteiger partial charge in [-0.3, -0.25) is 9.59 Å². The minimum Gasteiger partial charge on any atom is -0.353 e. The van der Waals surface area contributed by atoms with Gasteiger partial charge in [-0.1, -0.05) is 26.2 Å². The van der Waals surface area contributed by atoms with E-state index in [0.717, 1.165) is 57.9 Å². The maximum atomic E-state index is 12.9. The van der Waals surface area contributed by atoms with Gasteiger partial charge in [0.2, 0.25) is 11.8 Å². The second-order valence-corrected chi connectivity index (χ2v) is 8.48. The van der Waals surface area contributed by atoms with Gasteiger partial charge in [0.05, 0.1) is 0 Å². The Labute approximate surface area is 153 Å². The molecule has 1 unspecified atom stereocenters. The number of likely N-dealkylation sites (tertiary alicyclic amines) is 1. The number of rotatable bonds is 4. The highest BCUT2D eigenvalue weighted by Crippen LogP contribution is 2.32. The first-order valence-electron chi connectivity index (χ1n) is 10.8. The molecule has 1 saturated heterocycles. The molecule has 2 amide bonds. The highest BCUT2D eigenvalue weighted by molar-refractivity contribution is 5.81. The molecule has 0 aromatic heterocycles. The zero-order valence-electron chi connectivity index (χ0n) is 16.0. The van der Waals surface area contributed by atoms with Crippen LogP contribution in [0.15, 0.2) is 0 Å². The fourth-order valence-electron chi connectivity index (χ4n) is 5.12. The molecule has 3 fully saturated rings. The Morgan fingerprint density at radius 2 is 1.48 bits per heavy atom. The number of carbonyl (C=O) groups is 2. The Hall–Kier alpha value is -1.06. The van der Waals surface area contributed by atoms with Gasteiger partial charge >= 0.3 is 0 Å². The maximum absolute atomic E-state index is 12.9. The number of hydrogen-bond donors (Lipinski definition) is 1. The van der Waals surface area contributed by atoms with Crippen LogP contribution >= 0.6 is 0 Å². The molecule has 0 bridgehead atoms. The zero-order chi connectivity index (χ0) is 17.6. The van der Waals surface area contributed by atoms with Gasteiger partial charge < -0.3 is 10.2 Å². The summed E-state index contributed by atoms with van der Waals surface area (Å²) in [5.41, 5.74) is 0. The van der Waals surface area contributed by atoms with Crippen molar-refractivity contribution < 1.29 is 9.59 Å². The molecular formula is C21H36N2O2. The second-order valence-electron chi connectivity index (χ2n) is 8.48. The van der Waals surface area contributed by atoms with Gasteiger partial charge in [-0.2, -0.15) is 0 Å². The van der Waals surface area contributed by atoms with Crippen LogP contribution in [0, 0.1) is 11.8 Å². The van der Waals surface area contributed by atoms with E-state index < -0.39 is 0 Å². The smallest absolute Gasteiger partial charge is 0.225 e. The second kappa shape index (κ2) is 9.05. The third-order valence-corrected chi connectivity index (χ3v) is 6.78. The van der Waals surface area contributed by atoms with Crippen LogP contribution in [-0.4, -0.2) is 35.3 Å². The highest BCUT2D eigenvalue weighted by Gasteiger charge is 2.35. The predicted octanol–water partition coefficient (Wildman–Crippen LogP) is 4.03. The molecule has 0 radical (unpaired) electrons. The lowest BCUT2D eigenvalue weighted by atomic mass is 9.80. The molecule has 1 heterocycles. The number of nitrogens with one attached hydrogen (secondary N) is 1. The van der Waals surface area contributed by atoms with Crippen LogP contribution in [0.1, 0.15) is 90.4 Å². The summed E-state index contributed by atoms with van der Waals surface area (Å²) in [6.07, 6.45) is 14.3. The molecule has 1 atom stereocenters. The molecule has 4 nitrogen and oxygen atoms in total. The van der Waals surface area contributed by atoms with Gasteiger partial charge in [0.1, 0.15) is 0 Å². The molecular weight excluding hydrogens is 312 g/mol. The summed E-state index contributed by atoms with van der Waals surface area (Å²) in [5.74, 6) is 0.917. The van der Waals surface area contributed by atoms with Crippen LogP contribution in [0.5, 0.6) is 0 Å². The van der Waals surface area contributed by atoms with Crippen molar-refractivity contribution in [1.82, 2.24) is 10.2 Å². The summed E-state index contributed by atoms with van der Waals surface area (Å²) in [4.78, 5) is 27.6. The molecule has 3 aliphatic rings. The van der Waals surface area contributed by atoms with E-state index in [-0.39, 0.29) is 17.7 Å². The average Bonchev–Trinajstić information content (AvgIpc) is 2.68. The van der Waals surface area contributed by atoms with E-state index in [0.29, 0.717) is 18.0 Å². The summed E-state index contributed by atoms with van der Waals surface area (Å²) in [7, 11) is 0. The molecule has 2 saturated carbocycles. The van der Waals surface area contributed by atoms with Crippen molar-refractivity contribution in [1.29, 1.82) is 0 Å². The maximum Gasteiger partial charge on any atom is 0.225 e. The summed E-state index contributed by atoms with van der Waals surface area (Å²) < 4.78 is 0. The zero-order valence-corrected chi connectivity index (χ0v) is 16.0. The highest BCUT2D eigenvalue weighted by atomic mass is 16.2. The van der Waals surface area contributed by atoms with Crippen molar-refractivity contribution in [3.63, 3.8) is 0 Å². The van der Waals surface area contributed by atoms with Crippen molar-refractivity contribution in [2.45, 2.75) is 102 Å². The Morgan fingerprint density at radius 1 is 0.840 bits per heavy atom. The lowest BCUT2D eigenvalue weighted by Crippen LogP contribution is -2.47. The third-order valence-electron chi connectivity index (χ3n) is 6.78. The number of carbonyl (C=O) groups excluding carboxylic acids is 2. The molecule has 142 valence electrons. The van der Waals surface area contributed by atoms with Crippen molar-refractivity contribution in [3.8, 4) is 0 Å². The van der Waals surface area contributed by atoms with Crippen molar-refractivity contribution >= 4 is 11.8 Å². The summed E-state index contributed by atoms with van der Waals surface area (Å²) in [6, 6.07) is 0.854. The fourth-order valence-corrected chi connectivity index (χ4v) is 5.12. The standard InChI is InChI=1S/C21H36N2O2/c1-2-19-10-6-7-15-23(19)21(25)17-13-11-16(12-14-17)20(24)22-18-8-4-3-5-9-18/h16-19H,2-15H2,1H3,(H,22,24). The quantitative estimate of drug-likeness (QED) is 0.834. The van der Waals surface area contributed by atoms with Crippen LogP contribution in [-0.2, 0) is 9.59 Å². The van der Waals surface area contributed by atoms with Gasteiger partial charge in [0.15, 0.2) is 0 Å². The molecule has 0 aromatic rings. The minimum absolute atomic E-state index is 0.134. The lowest BCUT2D eigenvalue weighted by Gasteiger charge is -2.39. The Kier molecular flexibility index (Phi) is 6.77. The molecule has 25 heavy (non-hydrogen) atoms. The van der Waals surface area contributed by atoms with E-state index in [9.17, 15) is 9.59 Å². The first-order chi connectivity index (χ1) is 12.2. The molecule has 4 heteroatoms. The number of nitrogens with zero attached hydrogens (tertiary/aromatic N) is 1. The van der Waals surface area contributed by atoms with E-state index in [4.69, 9.17) is 0 Å². The van der Waals surface area contributed by atoms with Crippen LogP contribution in [0.25, 0.3) is 0 Å². The van der Waals surface area contributed by atoms with Gasteiger partial charge in [-0.05, 0) is 64.2 Å². The normalized spacial score (nSPS) is 31.6. The topological polar surface area (TPSA) is 49.4 Å². The third kappa shape index (κ3) is 4.77. The summed E-state index contributed by atoms with van der Waals surface area (Å²) >= 11 is 0. The van der Waals surface area contributed by atoms with Crippen LogP contribution < -0.4 is 5.32 Å². The van der Waals surface area contributed by atoms with Gasteiger partial charge in [-0.25, -0.2) is 0 Å². The predicted molar refractivity (Wildman–Crippen MR) is 100 cm³/mol. The van der Waals surface area contributed by atoms with Gasteiger partial charge in [0.25, 0.3) is 0 Å². The Morgan fingerprint density at radius 3 is 2.16 bits per heavy atom. The van der Waals surface area contributed by atoms with Crippen LogP contribution in [0.2, 0.25) is 0 Å². The minimum atomic E-state index is 0.134.